The quantitative estimate of drug-likeness (QED) is 0.819. The van der Waals surface area contributed by atoms with Gasteiger partial charge in [0.15, 0.2) is 5.82 Å². The van der Waals surface area contributed by atoms with E-state index in [9.17, 15) is 9.90 Å². The maximum Gasteiger partial charge on any atom is 0.257 e. The highest BCUT2D eigenvalue weighted by Gasteiger charge is 2.28. The van der Waals surface area contributed by atoms with Gasteiger partial charge in [0, 0.05) is 23.6 Å². The molecule has 0 aliphatic heterocycles. The Balaban J connectivity index is 1.60. The number of nitrogens with one attached hydrogen (secondary N) is 1. The molecule has 23 heavy (non-hydrogen) atoms. The summed E-state index contributed by atoms with van der Waals surface area (Å²) in [4.78, 5) is 16.4. The molecule has 2 N–H and O–H groups in total. The molecular formula is C17H21N3O3. The molecule has 1 heterocycles. The first-order valence-electron chi connectivity index (χ1n) is 8.07. The minimum Gasteiger partial charge on any atom is -0.391 e. The molecule has 0 radical (unpaired) electrons. The Bertz CT molecular complexity index is 662. The van der Waals surface area contributed by atoms with Gasteiger partial charge in [-0.2, -0.15) is 4.98 Å². The van der Waals surface area contributed by atoms with Gasteiger partial charge in [-0.05, 0) is 43.5 Å². The van der Waals surface area contributed by atoms with Crippen molar-refractivity contribution in [2.75, 3.05) is 6.54 Å². The van der Waals surface area contributed by atoms with E-state index in [0.29, 0.717) is 23.8 Å². The van der Waals surface area contributed by atoms with Crippen LogP contribution in [0.4, 0.5) is 0 Å². The van der Waals surface area contributed by atoms with Crippen molar-refractivity contribution < 1.29 is 14.4 Å². The van der Waals surface area contributed by atoms with E-state index >= 15 is 0 Å². The normalized spacial score (nSPS) is 15.4. The lowest BCUT2D eigenvalue weighted by atomic mass is 10.1. The van der Waals surface area contributed by atoms with Crippen molar-refractivity contribution in [3.63, 3.8) is 0 Å². The Morgan fingerprint density at radius 1 is 1.39 bits per heavy atom. The van der Waals surface area contributed by atoms with Gasteiger partial charge in [0.1, 0.15) is 0 Å². The van der Waals surface area contributed by atoms with E-state index in [2.05, 4.69) is 15.5 Å². The molecule has 1 amide bonds. The Kier molecular flexibility index (Phi) is 4.71. The molecule has 6 nitrogen and oxygen atoms in total. The first-order chi connectivity index (χ1) is 11.2. The number of benzene rings is 1. The van der Waals surface area contributed by atoms with Crippen LogP contribution >= 0.6 is 0 Å². The maximum absolute atomic E-state index is 12.0. The van der Waals surface area contributed by atoms with Crippen LogP contribution in [0.5, 0.6) is 0 Å². The number of amides is 1. The molecule has 2 aromatic rings. The van der Waals surface area contributed by atoms with E-state index in [0.717, 1.165) is 30.7 Å². The van der Waals surface area contributed by atoms with Crippen LogP contribution in [0.1, 0.15) is 54.7 Å². The number of aliphatic hydroxyl groups is 1. The monoisotopic (exact) mass is 315 g/mol. The van der Waals surface area contributed by atoms with E-state index in [1.165, 1.54) is 0 Å². The molecule has 1 aliphatic rings. The molecule has 1 fully saturated rings. The van der Waals surface area contributed by atoms with Crippen LogP contribution in [0.25, 0.3) is 11.5 Å². The zero-order valence-corrected chi connectivity index (χ0v) is 13.2. The Morgan fingerprint density at radius 2 is 2.13 bits per heavy atom. The summed E-state index contributed by atoms with van der Waals surface area (Å²) in [5.41, 5.74) is 1.34. The fourth-order valence-corrected chi connectivity index (χ4v) is 2.37. The molecule has 1 atom stereocenters. The summed E-state index contributed by atoms with van der Waals surface area (Å²) in [7, 11) is 0. The lowest BCUT2D eigenvalue weighted by Gasteiger charge is -2.10. The van der Waals surface area contributed by atoms with Crippen LogP contribution < -0.4 is 5.32 Å². The van der Waals surface area contributed by atoms with Gasteiger partial charge in [0.05, 0.1) is 6.10 Å². The minimum absolute atomic E-state index is 0.198. The van der Waals surface area contributed by atoms with E-state index in [1.807, 2.05) is 6.92 Å². The van der Waals surface area contributed by atoms with Crippen molar-refractivity contribution in [2.24, 2.45) is 0 Å². The number of carbonyl (C=O) groups is 1. The number of nitrogens with zero attached hydrogens (tertiary/aromatic N) is 2. The van der Waals surface area contributed by atoms with Gasteiger partial charge in [0.25, 0.3) is 11.8 Å². The summed E-state index contributed by atoms with van der Waals surface area (Å²) in [6.07, 6.45) is 3.32. The SMILES string of the molecule is CCCC(O)CNC(=O)c1ccc(-c2nc(C3CC3)no2)cc1. The summed E-state index contributed by atoms with van der Waals surface area (Å²) < 4.78 is 5.26. The third-order valence-corrected chi connectivity index (χ3v) is 3.90. The van der Waals surface area contributed by atoms with Crippen LogP contribution in [0, 0.1) is 0 Å². The maximum atomic E-state index is 12.0. The average molecular weight is 315 g/mol. The van der Waals surface area contributed by atoms with Crippen LogP contribution in [-0.2, 0) is 0 Å². The second-order valence-electron chi connectivity index (χ2n) is 5.96. The third-order valence-electron chi connectivity index (χ3n) is 3.90. The first kappa shape index (κ1) is 15.7. The van der Waals surface area contributed by atoms with E-state index < -0.39 is 6.10 Å². The predicted octanol–water partition coefficient (Wildman–Crippen LogP) is 2.50. The zero-order chi connectivity index (χ0) is 16.2. The van der Waals surface area contributed by atoms with Crippen LogP contribution in [0.3, 0.4) is 0 Å². The smallest absolute Gasteiger partial charge is 0.257 e. The molecule has 0 spiro atoms. The lowest BCUT2D eigenvalue weighted by Crippen LogP contribution is -2.31. The highest BCUT2D eigenvalue weighted by molar-refractivity contribution is 5.94. The molecule has 1 aliphatic carbocycles. The Labute approximate surface area is 134 Å². The Morgan fingerprint density at radius 3 is 2.78 bits per heavy atom. The van der Waals surface area contributed by atoms with Crippen molar-refractivity contribution in [1.82, 2.24) is 15.5 Å². The highest BCUT2D eigenvalue weighted by atomic mass is 16.5. The average Bonchev–Trinajstić information content (AvgIpc) is 3.30. The highest BCUT2D eigenvalue weighted by Crippen LogP contribution is 2.38. The molecule has 0 saturated heterocycles. The van der Waals surface area contributed by atoms with E-state index in [1.54, 1.807) is 24.3 Å². The molecule has 1 saturated carbocycles. The molecule has 1 aromatic carbocycles. The first-order valence-corrected chi connectivity index (χ1v) is 8.07. The van der Waals surface area contributed by atoms with Crippen molar-refractivity contribution in [3.8, 4) is 11.5 Å². The van der Waals surface area contributed by atoms with Crippen molar-refractivity contribution in [2.45, 2.75) is 44.6 Å². The molecule has 3 rings (SSSR count). The summed E-state index contributed by atoms with van der Waals surface area (Å²) in [6.45, 7) is 2.26. The largest absolute Gasteiger partial charge is 0.391 e. The van der Waals surface area contributed by atoms with Crippen molar-refractivity contribution in [3.05, 3.63) is 35.7 Å². The summed E-state index contributed by atoms with van der Waals surface area (Å²) in [5.74, 6) is 1.51. The van der Waals surface area contributed by atoms with Crippen molar-refractivity contribution >= 4 is 5.91 Å². The molecule has 6 heteroatoms. The van der Waals surface area contributed by atoms with Gasteiger partial charge in [-0.15, -0.1) is 0 Å². The number of hydrogen-bond acceptors (Lipinski definition) is 5. The second kappa shape index (κ2) is 6.91. The Hall–Kier alpha value is -2.21. The van der Waals surface area contributed by atoms with Gasteiger partial charge in [-0.3, -0.25) is 4.79 Å². The molecule has 0 bridgehead atoms. The van der Waals surface area contributed by atoms with Crippen LogP contribution in [0.15, 0.2) is 28.8 Å². The summed E-state index contributed by atoms with van der Waals surface area (Å²) in [6, 6.07) is 7.03. The summed E-state index contributed by atoms with van der Waals surface area (Å²) >= 11 is 0. The second-order valence-corrected chi connectivity index (χ2v) is 5.96. The van der Waals surface area contributed by atoms with Gasteiger partial charge in [0.2, 0.25) is 0 Å². The van der Waals surface area contributed by atoms with E-state index in [-0.39, 0.29) is 12.5 Å². The predicted molar refractivity (Wildman–Crippen MR) is 85.0 cm³/mol. The summed E-state index contributed by atoms with van der Waals surface area (Å²) in [5, 5.41) is 16.4. The fourth-order valence-electron chi connectivity index (χ4n) is 2.37. The molecular weight excluding hydrogens is 294 g/mol. The number of hydrogen-bond donors (Lipinski definition) is 2. The fraction of sp³-hybridized carbons (Fsp3) is 0.471. The number of aliphatic hydroxyl groups excluding tert-OH is 1. The van der Waals surface area contributed by atoms with Gasteiger partial charge >= 0.3 is 0 Å². The van der Waals surface area contributed by atoms with Crippen LogP contribution in [0.2, 0.25) is 0 Å². The van der Waals surface area contributed by atoms with E-state index in [4.69, 9.17) is 4.52 Å². The number of carbonyl (C=O) groups excluding carboxylic acids is 1. The standard InChI is InChI=1S/C17H21N3O3/c1-2-3-14(21)10-18-16(22)12-6-8-13(9-7-12)17-19-15(20-23-17)11-4-5-11/h6-9,11,14,21H,2-5,10H2,1H3,(H,18,22). The lowest BCUT2D eigenvalue weighted by molar-refractivity contribution is 0.0910. The topological polar surface area (TPSA) is 88.2 Å². The van der Waals surface area contributed by atoms with Gasteiger partial charge in [-0.25, -0.2) is 0 Å². The van der Waals surface area contributed by atoms with Crippen molar-refractivity contribution in [1.29, 1.82) is 0 Å². The number of rotatable bonds is 7. The molecule has 122 valence electrons. The number of aromatic nitrogens is 2. The molecule has 1 aromatic heterocycles. The van der Waals surface area contributed by atoms with Crippen LogP contribution in [-0.4, -0.2) is 33.8 Å². The zero-order valence-electron chi connectivity index (χ0n) is 13.2. The minimum atomic E-state index is -0.498. The third kappa shape index (κ3) is 3.96. The van der Waals surface area contributed by atoms with Gasteiger partial charge in [-0.1, -0.05) is 18.5 Å². The molecule has 1 unspecified atom stereocenters. The van der Waals surface area contributed by atoms with Gasteiger partial charge < -0.3 is 14.9 Å².